The van der Waals surface area contributed by atoms with Crippen molar-refractivity contribution in [3.05, 3.63) is 124 Å². The average molecular weight is 1010 g/mol. The molecule has 7 rings (SSSR count). The molecule has 0 aromatic heterocycles. The van der Waals surface area contributed by atoms with E-state index in [0.29, 0.717) is 54.2 Å². The van der Waals surface area contributed by atoms with Gasteiger partial charge in [-0.25, -0.2) is 9.18 Å². The fraction of sp³-hybridized carbons (Fsp3) is 0.586. The van der Waals surface area contributed by atoms with Gasteiger partial charge in [0.2, 0.25) is 5.79 Å². The summed E-state index contributed by atoms with van der Waals surface area (Å²) in [5, 5.41) is 36.5. The van der Waals surface area contributed by atoms with Crippen LogP contribution in [0.15, 0.2) is 96.2 Å². The highest BCUT2D eigenvalue weighted by atomic mass is 19.1. The molecule has 15 heteroatoms. The fourth-order valence-corrected chi connectivity index (χ4v) is 11.1. The molecule has 0 unspecified atom stereocenters. The predicted molar refractivity (Wildman–Crippen MR) is 280 cm³/mol. The largest absolute Gasteiger partial charge is 0.492 e. The number of aliphatic hydroxyl groups is 2. The van der Waals surface area contributed by atoms with Crippen molar-refractivity contribution in [1.29, 1.82) is 0 Å². The second kappa shape index (κ2) is 28.4. The molecule has 3 aromatic rings. The molecule has 2 aliphatic heterocycles. The SMILES string of the molecule is C=CCO[C@@]12Oc3ccc(OCCN4CC4)cc3[C@H]3[C@H](CCCCO)[C@@H](CCCCO)C=C(C(=NOCc4ccc([N+](=O)[O-])cc4)C[C@@H]1N(Cc1ccc(F)cc1)C(=O)OCCCCCCCCCCCC)[C@H]32. The van der Waals surface area contributed by atoms with E-state index in [1.54, 1.807) is 35.2 Å². The minimum atomic E-state index is -1.54. The number of non-ortho nitro benzene ring substituents is 1. The second-order valence-corrected chi connectivity index (χ2v) is 20.2. The Kier molecular flexibility index (Phi) is 21.5. The molecule has 73 heavy (non-hydrogen) atoms. The van der Waals surface area contributed by atoms with Gasteiger partial charge in [-0.15, -0.1) is 6.58 Å². The summed E-state index contributed by atoms with van der Waals surface area (Å²) in [6, 6.07) is 17.3. The normalized spacial score (nSPS) is 22.4. The molecule has 4 aliphatic rings. The smallest absolute Gasteiger partial charge is 0.410 e. The molecule has 2 heterocycles. The van der Waals surface area contributed by atoms with E-state index in [2.05, 4.69) is 30.5 Å². The molecule has 2 aliphatic carbocycles. The lowest BCUT2D eigenvalue weighted by Gasteiger charge is -2.59. The number of nitrogens with zero attached hydrogens (tertiary/aromatic N) is 4. The van der Waals surface area contributed by atoms with Crippen LogP contribution >= 0.6 is 0 Å². The zero-order valence-electron chi connectivity index (χ0n) is 43.0. The number of fused-ring (bicyclic) bond motifs is 2. The van der Waals surface area contributed by atoms with Crippen LogP contribution in [-0.4, -0.2) is 101 Å². The van der Waals surface area contributed by atoms with Crippen molar-refractivity contribution >= 4 is 17.5 Å². The summed E-state index contributed by atoms with van der Waals surface area (Å²) in [7, 11) is 0. The van der Waals surface area contributed by atoms with Crippen LogP contribution in [0, 0.1) is 33.7 Å². The second-order valence-electron chi connectivity index (χ2n) is 20.2. The highest BCUT2D eigenvalue weighted by molar-refractivity contribution is 6.03. The number of amides is 1. The molecular weight excluding hydrogens is 932 g/mol. The van der Waals surface area contributed by atoms with Crippen LogP contribution in [0.3, 0.4) is 0 Å². The molecule has 3 aromatic carbocycles. The quantitative estimate of drug-likeness (QED) is 0.0196. The van der Waals surface area contributed by atoms with Crippen LogP contribution in [0.25, 0.3) is 0 Å². The van der Waals surface area contributed by atoms with Gasteiger partial charge in [0, 0.05) is 69.4 Å². The number of ether oxygens (including phenoxy) is 4. The van der Waals surface area contributed by atoms with Gasteiger partial charge in [0.25, 0.3) is 5.69 Å². The Labute approximate surface area is 431 Å². The Bertz CT molecular complexity index is 2270. The van der Waals surface area contributed by atoms with E-state index in [1.807, 2.05) is 12.1 Å². The Morgan fingerprint density at radius 2 is 1.59 bits per heavy atom. The molecule has 398 valence electrons. The van der Waals surface area contributed by atoms with Gasteiger partial charge in [-0.2, -0.15) is 0 Å². The van der Waals surface area contributed by atoms with Gasteiger partial charge in [0.1, 0.15) is 36.6 Å². The van der Waals surface area contributed by atoms with Crippen molar-refractivity contribution in [2.24, 2.45) is 22.9 Å². The maximum Gasteiger partial charge on any atom is 0.410 e. The summed E-state index contributed by atoms with van der Waals surface area (Å²) >= 11 is 0. The third-order valence-electron chi connectivity index (χ3n) is 15.0. The molecule has 0 radical (unpaired) electrons. The number of nitro benzene ring substituents is 1. The van der Waals surface area contributed by atoms with E-state index < -0.39 is 34.6 Å². The van der Waals surface area contributed by atoms with Gasteiger partial charge in [-0.05, 0) is 103 Å². The number of carbonyl (C=O) groups is 1. The molecule has 2 fully saturated rings. The van der Waals surface area contributed by atoms with Crippen molar-refractivity contribution < 1.29 is 48.1 Å². The van der Waals surface area contributed by atoms with E-state index in [4.69, 9.17) is 28.9 Å². The molecule has 1 saturated carbocycles. The molecule has 1 saturated heterocycles. The van der Waals surface area contributed by atoms with Crippen LogP contribution in [0.4, 0.5) is 14.9 Å². The summed E-state index contributed by atoms with van der Waals surface area (Å²) in [5.74, 6) is -1.47. The van der Waals surface area contributed by atoms with Crippen LogP contribution in [-0.2, 0) is 27.5 Å². The van der Waals surface area contributed by atoms with Gasteiger partial charge in [0.15, 0.2) is 0 Å². The number of aliphatic hydroxyl groups excluding tert-OH is 2. The number of unbranched alkanes of at least 4 members (excludes halogenated alkanes) is 11. The van der Waals surface area contributed by atoms with Gasteiger partial charge >= 0.3 is 6.09 Å². The lowest BCUT2D eigenvalue weighted by atomic mass is 9.55. The molecule has 14 nitrogen and oxygen atoms in total. The molecule has 2 N–H and O–H groups in total. The Morgan fingerprint density at radius 1 is 0.904 bits per heavy atom. The molecule has 6 atom stereocenters. The van der Waals surface area contributed by atoms with Crippen molar-refractivity contribution in [1.82, 2.24) is 9.80 Å². The zero-order chi connectivity index (χ0) is 51.4. The minimum Gasteiger partial charge on any atom is -0.492 e. The van der Waals surface area contributed by atoms with Crippen LogP contribution in [0.5, 0.6) is 11.5 Å². The molecule has 0 spiro atoms. The van der Waals surface area contributed by atoms with E-state index in [-0.39, 0.29) is 69.4 Å². The number of rotatable bonds is 33. The monoisotopic (exact) mass is 1010 g/mol. The number of nitro groups is 1. The summed E-state index contributed by atoms with van der Waals surface area (Å²) in [5.41, 5.74) is 3.72. The maximum atomic E-state index is 15.1. The van der Waals surface area contributed by atoms with Crippen molar-refractivity contribution in [2.45, 2.75) is 147 Å². The number of allylic oxidation sites excluding steroid dienone is 1. The average Bonchev–Trinajstić information content (AvgIpc) is 4.23. The van der Waals surface area contributed by atoms with Crippen molar-refractivity contribution in [3.63, 3.8) is 0 Å². The summed E-state index contributed by atoms with van der Waals surface area (Å²) in [6.07, 6.45) is 19.2. The van der Waals surface area contributed by atoms with Crippen molar-refractivity contribution in [3.8, 4) is 11.5 Å². The zero-order valence-corrected chi connectivity index (χ0v) is 43.0. The fourth-order valence-electron chi connectivity index (χ4n) is 11.1. The lowest BCUT2D eigenvalue weighted by Crippen LogP contribution is -2.70. The van der Waals surface area contributed by atoms with Gasteiger partial charge in [0.05, 0.1) is 29.8 Å². The topological polar surface area (TPSA) is 165 Å². The minimum absolute atomic E-state index is 0.00366. The predicted octanol–water partition coefficient (Wildman–Crippen LogP) is 11.8. The lowest BCUT2D eigenvalue weighted by molar-refractivity contribution is -0.384. The van der Waals surface area contributed by atoms with Crippen LogP contribution < -0.4 is 9.47 Å². The van der Waals surface area contributed by atoms with Gasteiger partial charge in [-0.1, -0.05) is 107 Å². The summed E-state index contributed by atoms with van der Waals surface area (Å²) < 4.78 is 41.8. The Hall–Kier alpha value is -5.35. The van der Waals surface area contributed by atoms with Crippen molar-refractivity contribution in [2.75, 3.05) is 52.7 Å². The number of oxime groups is 1. The first-order valence-electron chi connectivity index (χ1n) is 27.2. The molecule has 0 bridgehead atoms. The first-order valence-corrected chi connectivity index (χ1v) is 27.2. The number of benzene rings is 3. The highest BCUT2D eigenvalue weighted by Gasteiger charge is 2.65. The molecular formula is C58H79FN4O10. The summed E-state index contributed by atoms with van der Waals surface area (Å²) in [4.78, 5) is 36.3. The van der Waals surface area contributed by atoms with Crippen LogP contribution in [0.1, 0.15) is 139 Å². The van der Waals surface area contributed by atoms with E-state index in [1.165, 1.54) is 62.8 Å². The Balaban J connectivity index is 1.32. The van der Waals surface area contributed by atoms with Crippen LogP contribution in [0.2, 0.25) is 0 Å². The Morgan fingerprint density at radius 3 is 2.26 bits per heavy atom. The summed E-state index contributed by atoms with van der Waals surface area (Å²) in [6.45, 7) is 10.3. The third-order valence-corrected chi connectivity index (χ3v) is 15.0. The molecule has 1 amide bonds. The number of carbonyl (C=O) groups excluding carboxylic acids is 1. The van der Waals surface area contributed by atoms with E-state index in [0.717, 1.165) is 75.7 Å². The van der Waals surface area contributed by atoms with Gasteiger partial charge in [-0.3, -0.25) is 19.9 Å². The number of halogens is 1. The first kappa shape index (κ1) is 55.4. The number of hydrogen-bond donors (Lipinski definition) is 2. The van der Waals surface area contributed by atoms with Gasteiger partial charge < -0.3 is 34.0 Å². The maximum absolute atomic E-state index is 15.1. The number of hydrogen-bond acceptors (Lipinski definition) is 12. The van der Waals surface area contributed by atoms with E-state index in [9.17, 15) is 24.7 Å². The standard InChI is InChI=1S/C58H79FN4O10/c1-3-5-6-7-8-9-10-11-12-17-36-70-57(66)62(41-43-20-24-46(59)25-21-43)54-40-52(60-72-42-44-22-26-47(27-23-44)63(67)68)50-38-45(18-13-15-33-64)49(19-14-16-34-65)55-51-39-48(69-37-32-61-30-31-61)28-29-53(51)73-58(54,56(50)55)71-35-4-2/h4,20-29,38-39,45,49,54-56,64-65H,2-3,5-19,30-37,40-42H2,1H3/t45-,49+,54-,55+,56+,58+/m0/s1. The third kappa shape index (κ3) is 15.1. The van der Waals surface area contributed by atoms with E-state index >= 15 is 4.79 Å². The first-order chi connectivity index (χ1) is 35.7. The highest BCUT2D eigenvalue weighted by Crippen LogP contribution is 2.62.